The van der Waals surface area contributed by atoms with Crippen LogP contribution in [0.15, 0.2) is 30.3 Å². The summed E-state index contributed by atoms with van der Waals surface area (Å²) in [5.74, 6) is 0. The molecule has 0 unspecified atom stereocenters. The monoisotopic (exact) mass is 222 g/mol. The fraction of sp³-hybridized carbons (Fsp3) is 0.538. The van der Waals surface area contributed by atoms with E-state index in [1.165, 1.54) is 5.69 Å². The number of hydrogen-bond donors (Lipinski definition) is 1. The smallest absolute Gasteiger partial charge is 0.0964 e. The second-order valence-corrected chi connectivity index (χ2v) is 4.66. The van der Waals surface area contributed by atoms with Crippen LogP contribution in [0, 0.1) is 5.41 Å². The lowest BCUT2D eigenvalue weighted by Gasteiger charge is -2.40. The first kappa shape index (κ1) is 11.4. The van der Waals surface area contributed by atoms with E-state index in [9.17, 15) is 4.39 Å². The highest BCUT2D eigenvalue weighted by atomic mass is 19.1. The van der Waals surface area contributed by atoms with Crippen molar-refractivity contribution in [3.8, 4) is 0 Å². The first-order valence-electron chi connectivity index (χ1n) is 5.86. The standard InChI is InChI=1S/C13H19FN2/c14-10-13(11-15)6-8-16(9-7-13)12-4-2-1-3-5-12/h1-5H,6-11,15H2. The Morgan fingerprint density at radius 1 is 1.19 bits per heavy atom. The number of rotatable bonds is 3. The normalized spacial score (nSPS) is 19.8. The van der Waals surface area contributed by atoms with Gasteiger partial charge in [-0.3, -0.25) is 4.39 Å². The van der Waals surface area contributed by atoms with Crippen LogP contribution in [0.5, 0.6) is 0 Å². The Morgan fingerprint density at radius 3 is 2.31 bits per heavy atom. The molecule has 2 rings (SSSR count). The third-order valence-corrected chi connectivity index (χ3v) is 3.66. The summed E-state index contributed by atoms with van der Waals surface area (Å²) in [4.78, 5) is 2.31. The van der Waals surface area contributed by atoms with Gasteiger partial charge in [-0.1, -0.05) is 18.2 Å². The summed E-state index contributed by atoms with van der Waals surface area (Å²) in [6.45, 7) is 1.99. The number of hydrogen-bond acceptors (Lipinski definition) is 2. The van der Waals surface area contributed by atoms with Crippen LogP contribution in [0.2, 0.25) is 0 Å². The Kier molecular flexibility index (Phi) is 3.44. The SMILES string of the molecule is NCC1(CF)CCN(c2ccccc2)CC1. The van der Waals surface area contributed by atoms with Gasteiger partial charge in [0.2, 0.25) is 0 Å². The molecule has 0 spiro atoms. The molecular weight excluding hydrogens is 203 g/mol. The van der Waals surface area contributed by atoms with Gasteiger partial charge in [-0.2, -0.15) is 0 Å². The summed E-state index contributed by atoms with van der Waals surface area (Å²) in [6.07, 6.45) is 1.71. The molecular formula is C13H19FN2. The van der Waals surface area contributed by atoms with Crippen LogP contribution in [-0.4, -0.2) is 26.3 Å². The van der Waals surface area contributed by atoms with Crippen molar-refractivity contribution in [3.63, 3.8) is 0 Å². The second kappa shape index (κ2) is 4.83. The van der Waals surface area contributed by atoms with Crippen molar-refractivity contribution < 1.29 is 4.39 Å². The summed E-state index contributed by atoms with van der Waals surface area (Å²) in [5.41, 5.74) is 6.64. The number of piperidine rings is 1. The molecule has 1 aliphatic rings. The summed E-state index contributed by atoms with van der Waals surface area (Å²) < 4.78 is 13.0. The molecule has 1 aromatic carbocycles. The van der Waals surface area contributed by atoms with Gasteiger partial charge in [0.15, 0.2) is 0 Å². The molecule has 0 amide bonds. The van der Waals surface area contributed by atoms with E-state index in [0.717, 1.165) is 25.9 Å². The molecule has 0 atom stereocenters. The van der Waals surface area contributed by atoms with E-state index in [1.54, 1.807) is 0 Å². The largest absolute Gasteiger partial charge is 0.371 e. The maximum Gasteiger partial charge on any atom is 0.0964 e. The van der Waals surface area contributed by atoms with E-state index in [1.807, 2.05) is 18.2 Å². The molecule has 0 saturated carbocycles. The molecule has 0 bridgehead atoms. The van der Waals surface area contributed by atoms with E-state index in [4.69, 9.17) is 5.73 Å². The minimum Gasteiger partial charge on any atom is -0.371 e. The van der Waals surface area contributed by atoms with Crippen molar-refractivity contribution in [3.05, 3.63) is 30.3 Å². The van der Waals surface area contributed by atoms with Gasteiger partial charge >= 0.3 is 0 Å². The van der Waals surface area contributed by atoms with Crippen LogP contribution in [0.25, 0.3) is 0 Å². The quantitative estimate of drug-likeness (QED) is 0.849. The van der Waals surface area contributed by atoms with E-state index in [2.05, 4.69) is 17.0 Å². The van der Waals surface area contributed by atoms with Gasteiger partial charge in [-0.25, -0.2) is 0 Å². The number of anilines is 1. The highest BCUT2D eigenvalue weighted by Gasteiger charge is 2.33. The number of alkyl halides is 1. The van der Waals surface area contributed by atoms with Gasteiger partial charge in [-0.05, 0) is 25.0 Å². The van der Waals surface area contributed by atoms with E-state index < -0.39 is 0 Å². The number of nitrogens with zero attached hydrogens (tertiary/aromatic N) is 1. The third-order valence-electron chi connectivity index (χ3n) is 3.66. The van der Waals surface area contributed by atoms with Crippen LogP contribution in [0.1, 0.15) is 12.8 Å². The zero-order valence-electron chi connectivity index (χ0n) is 9.53. The minimum atomic E-state index is -0.286. The van der Waals surface area contributed by atoms with Gasteiger partial charge in [-0.15, -0.1) is 0 Å². The van der Waals surface area contributed by atoms with Crippen LogP contribution < -0.4 is 10.6 Å². The van der Waals surface area contributed by atoms with Crippen molar-refractivity contribution in [2.75, 3.05) is 31.2 Å². The Balaban J connectivity index is 2.00. The fourth-order valence-corrected chi connectivity index (χ4v) is 2.27. The van der Waals surface area contributed by atoms with Crippen molar-refractivity contribution in [1.29, 1.82) is 0 Å². The minimum absolute atomic E-state index is 0.259. The fourth-order valence-electron chi connectivity index (χ4n) is 2.27. The lowest BCUT2D eigenvalue weighted by molar-refractivity contribution is 0.168. The van der Waals surface area contributed by atoms with E-state index >= 15 is 0 Å². The molecule has 0 radical (unpaired) electrons. The highest BCUT2D eigenvalue weighted by molar-refractivity contribution is 5.46. The molecule has 1 saturated heterocycles. The molecule has 2 nitrogen and oxygen atoms in total. The predicted molar refractivity (Wildman–Crippen MR) is 65.4 cm³/mol. The van der Waals surface area contributed by atoms with Crippen molar-refractivity contribution in [2.24, 2.45) is 11.1 Å². The summed E-state index contributed by atoms with van der Waals surface area (Å²) in [5, 5.41) is 0. The Labute approximate surface area is 96.2 Å². The Morgan fingerprint density at radius 2 is 1.81 bits per heavy atom. The third kappa shape index (κ3) is 2.19. The van der Waals surface area contributed by atoms with Crippen molar-refractivity contribution in [1.82, 2.24) is 0 Å². The maximum atomic E-state index is 13.0. The average molecular weight is 222 g/mol. The van der Waals surface area contributed by atoms with Crippen LogP contribution in [0.4, 0.5) is 10.1 Å². The molecule has 0 aromatic heterocycles. The average Bonchev–Trinajstić information content (AvgIpc) is 2.40. The molecule has 1 aromatic rings. The van der Waals surface area contributed by atoms with Gasteiger partial charge in [0.1, 0.15) is 0 Å². The predicted octanol–water partition coefficient (Wildman–Crippen LogP) is 2.20. The lowest BCUT2D eigenvalue weighted by Crippen LogP contribution is -2.45. The van der Waals surface area contributed by atoms with Gasteiger partial charge in [0, 0.05) is 30.7 Å². The zero-order chi connectivity index (χ0) is 11.4. The van der Waals surface area contributed by atoms with Crippen molar-refractivity contribution in [2.45, 2.75) is 12.8 Å². The summed E-state index contributed by atoms with van der Waals surface area (Å²) in [7, 11) is 0. The number of nitrogens with two attached hydrogens (primary N) is 1. The lowest BCUT2D eigenvalue weighted by atomic mass is 9.79. The van der Waals surface area contributed by atoms with Gasteiger partial charge in [0.05, 0.1) is 6.67 Å². The molecule has 3 heteroatoms. The molecule has 0 aliphatic carbocycles. The molecule has 1 aliphatic heterocycles. The Bertz CT molecular complexity index is 312. The molecule has 1 fully saturated rings. The highest BCUT2D eigenvalue weighted by Crippen LogP contribution is 2.32. The summed E-state index contributed by atoms with van der Waals surface area (Å²) in [6, 6.07) is 10.3. The van der Waals surface area contributed by atoms with Gasteiger partial charge < -0.3 is 10.6 Å². The van der Waals surface area contributed by atoms with Crippen LogP contribution >= 0.6 is 0 Å². The molecule has 88 valence electrons. The molecule has 2 N–H and O–H groups in total. The number of para-hydroxylation sites is 1. The van der Waals surface area contributed by atoms with Gasteiger partial charge in [0.25, 0.3) is 0 Å². The van der Waals surface area contributed by atoms with E-state index in [-0.39, 0.29) is 12.1 Å². The van der Waals surface area contributed by atoms with Crippen LogP contribution in [-0.2, 0) is 0 Å². The zero-order valence-corrected chi connectivity index (χ0v) is 9.53. The second-order valence-electron chi connectivity index (χ2n) is 4.66. The van der Waals surface area contributed by atoms with Crippen LogP contribution in [0.3, 0.4) is 0 Å². The van der Waals surface area contributed by atoms with Crippen molar-refractivity contribution >= 4 is 5.69 Å². The van der Waals surface area contributed by atoms with E-state index in [0.29, 0.717) is 6.54 Å². The first-order chi connectivity index (χ1) is 7.79. The maximum absolute atomic E-state index is 13.0. The Hall–Kier alpha value is -1.09. The molecule has 16 heavy (non-hydrogen) atoms. The topological polar surface area (TPSA) is 29.3 Å². The number of benzene rings is 1. The first-order valence-corrected chi connectivity index (χ1v) is 5.86. The number of halogens is 1. The summed E-state index contributed by atoms with van der Waals surface area (Å²) >= 11 is 0. The molecule has 1 heterocycles.